The lowest BCUT2D eigenvalue weighted by Gasteiger charge is -2.20. The molecular formula is C16H28N2. The van der Waals surface area contributed by atoms with Crippen molar-refractivity contribution in [3.05, 3.63) is 35.4 Å². The molecule has 0 heterocycles. The van der Waals surface area contributed by atoms with Gasteiger partial charge in [0.15, 0.2) is 0 Å². The van der Waals surface area contributed by atoms with E-state index >= 15 is 0 Å². The summed E-state index contributed by atoms with van der Waals surface area (Å²) in [6, 6.07) is 9.26. The van der Waals surface area contributed by atoms with Gasteiger partial charge in [-0.15, -0.1) is 0 Å². The van der Waals surface area contributed by atoms with Gasteiger partial charge >= 0.3 is 0 Å². The summed E-state index contributed by atoms with van der Waals surface area (Å²) in [7, 11) is 2.17. The Hall–Kier alpha value is -0.860. The van der Waals surface area contributed by atoms with Gasteiger partial charge in [-0.05, 0) is 58.0 Å². The van der Waals surface area contributed by atoms with Crippen LogP contribution in [0.3, 0.4) is 0 Å². The van der Waals surface area contributed by atoms with E-state index in [1.54, 1.807) is 0 Å². The second kappa shape index (κ2) is 8.28. The Bertz CT molecular complexity index is 336. The lowest BCUT2D eigenvalue weighted by molar-refractivity contribution is 0.310. The molecule has 18 heavy (non-hydrogen) atoms. The highest BCUT2D eigenvalue weighted by Crippen LogP contribution is 2.08. The van der Waals surface area contributed by atoms with Crippen molar-refractivity contribution in [1.29, 1.82) is 0 Å². The molecule has 0 saturated heterocycles. The fourth-order valence-electron chi connectivity index (χ4n) is 2.18. The third kappa shape index (κ3) is 5.65. The Labute approximate surface area is 112 Å². The first-order valence-corrected chi connectivity index (χ1v) is 7.10. The molecule has 1 unspecified atom stereocenters. The standard InChI is InChI=1S/C16H28N2/c1-5-18(4)13-15(3)17-12-8-11-16-10-7-6-9-14(16)2/h6-7,9-10,15,17H,5,8,11-13H2,1-4H3. The molecule has 1 N–H and O–H groups in total. The van der Waals surface area contributed by atoms with Crippen LogP contribution in [0.25, 0.3) is 0 Å². The van der Waals surface area contributed by atoms with Gasteiger partial charge in [-0.25, -0.2) is 0 Å². The van der Waals surface area contributed by atoms with Gasteiger partial charge in [-0.2, -0.15) is 0 Å². The minimum absolute atomic E-state index is 0.576. The van der Waals surface area contributed by atoms with E-state index in [2.05, 4.69) is 62.3 Å². The third-order valence-electron chi connectivity index (χ3n) is 3.50. The molecule has 1 atom stereocenters. The number of nitrogens with one attached hydrogen (secondary N) is 1. The number of nitrogens with zero attached hydrogens (tertiary/aromatic N) is 1. The molecule has 0 radical (unpaired) electrons. The van der Waals surface area contributed by atoms with Crippen molar-refractivity contribution >= 4 is 0 Å². The van der Waals surface area contributed by atoms with E-state index in [9.17, 15) is 0 Å². The maximum Gasteiger partial charge on any atom is 0.0166 e. The Morgan fingerprint density at radius 2 is 2.00 bits per heavy atom. The first-order chi connectivity index (χ1) is 8.63. The van der Waals surface area contributed by atoms with Crippen molar-refractivity contribution in [3.63, 3.8) is 0 Å². The molecule has 0 aromatic heterocycles. The van der Waals surface area contributed by atoms with Crippen LogP contribution in [0.2, 0.25) is 0 Å². The number of likely N-dealkylation sites (N-methyl/N-ethyl adjacent to an activating group) is 1. The van der Waals surface area contributed by atoms with Crippen molar-refractivity contribution in [1.82, 2.24) is 10.2 Å². The lowest BCUT2D eigenvalue weighted by Crippen LogP contribution is -2.37. The maximum atomic E-state index is 3.60. The molecule has 2 heteroatoms. The molecule has 0 aliphatic heterocycles. The smallest absolute Gasteiger partial charge is 0.0166 e. The molecule has 102 valence electrons. The average molecular weight is 248 g/mol. The van der Waals surface area contributed by atoms with Crippen LogP contribution < -0.4 is 5.32 Å². The van der Waals surface area contributed by atoms with Gasteiger partial charge in [0.25, 0.3) is 0 Å². The fraction of sp³-hybridized carbons (Fsp3) is 0.625. The van der Waals surface area contributed by atoms with E-state index in [1.807, 2.05) is 0 Å². The summed E-state index contributed by atoms with van der Waals surface area (Å²) >= 11 is 0. The monoisotopic (exact) mass is 248 g/mol. The van der Waals surface area contributed by atoms with E-state index in [4.69, 9.17) is 0 Å². The predicted octanol–water partition coefficient (Wildman–Crippen LogP) is 2.86. The summed E-state index contributed by atoms with van der Waals surface area (Å²) in [6.07, 6.45) is 2.39. The van der Waals surface area contributed by atoms with Crippen LogP contribution in [0.1, 0.15) is 31.4 Å². The summed E-state index contributed by atoms with van der Waals surface area (Å²) in [5.41, 5.74) is 2.90. The zero-order valence-corrected chi connectivity index (χ0v) is 12.4. The van der Waals surface area contributed by atoms with Crippen molar-refractivity contribution in [2.45, 2.75) is 39.7 Å². The highest BCUT2D eigenvalue weighted by Gasteiger charge is 2.04. The Morgan fingerprint density at radius 3 is 2.67 bits per heavy atom. The topological polar surface area (TPSA) is 15.3 Å². The van der Waals surface area contributed by atoms with Gasteiger partial charge in [0.2, 0.25) is 0 Å². The molecule has 1 aromatic carbocycles. The summed E-state index contributed by atoms with van der Waals surface area (Å²) < 4.78 is 0. The zero-order chi connectivity index (χ0) is 13.4. The summed E-state index contributed by atoms with van der Waals surface area (Å²) in [4.78, 5) is 2.35. The Balaban J connectivity index is 2.17. The molecular weight excluding hydrogens is 220 g/mol. The zero-order valence-electron chi connectivity index (χ0n) is 12.4. The van der Waals surface area contributed by atoms with Crippen LogP contribution >= 0.6 is 0 Å². The van der Waals surface area contributed by atoms with Crippen LogP contribution in [-0.4, -0.2) is 37.6 Å². The number of aryl methyl sites for hydroxylation is 2. The predicted molar refractivity (Wildman–Crippen MR) is 80.1 cm³/mol. The van der Waals surface area contributed by atoms with Crippen molar-refractivity contribution in [2.75, 3.05) is 26.7 Å². The van der Waals surface area contributed by atoms with Gasteiger partial charge in [0.05, 0.1) is 0 Å². The van der Waals surface area contributed by atoms with E-state index in [-0.39, 0.29) is 0 Å². The first kappa shape index (κ1) is 15.2. The first-order valence-electron chi connectivity index (χ1n) is 7.10. The molecule has 0 aliphatic carbocycles. The van der Waals surface area contributed by atoms with Crippen LogP contribution in [0.15, 0.2) is 24.3 Å². The Kier molecular flexibility index (Phi) is 6.99. The average Bonchev–Trinajstić information content (AvgIpc) is 2.36. The minimum atomic E-state index is 0.576. The molecule has 0 bridgehead atoms. The SMILES string of the molecule is CCN(C)CC(C)NCCCc1ccccc1C. The highest BCUT2D eigenvalue weighted by molar-refractivity contribution is 5.25. The molecule has 1 aromatic rings. The molecule has 0 fully saturated rings. The lowest BCUT2D eigenvalue weighted by atomic mass is 10.0. The molecule has 0 amide bonds. The third-order valence-corrected chi connectivity index (χ3v) is 3.50. The number of hydrogen-bond donors (Lipinski definition) is 1. The van der Waals surface area contributed by atoms with E-state index in [0.717, 1.165) is 19.6 Å². The Morgan fingerprint density at radius 1 is 1.28 bits per heavy atom. The van der Waals surface area contributed by atoms with Crippen molar-refractivity contribution in [3.8, 4) is 0 Å². The maximum absolute atomic E-state index is 3.60. The molecule has 0 saturated carbocycles. The highest BCUT2D eigenvalue weighted by atomic mass is 15.1. The van der Waals surface area contributed by atoms with Gasteiger partial charge in [-0.3, -0.25) is 0 Å². The van der Waals surface area contributed by atoms with Gasteiger partial charge in [0.1, 0.15) is 0 Å². The number of rotatable bonds is 8. The van der Waals surface area contributed by atoms with Crippen molar-refractivity contribution < 1.29 is 0 Å². The largest absolute Gasteiger partial charge is 0.313 e. The summed E-state index contributed by atoms with van der Waals surface area (Å²) in [5.74, 6) is 0. The second-order valence-corrected chi connectivity index (χ2v) is 5.24. The molecule has 2 nitrogen and oxygen atoms in total. The van der Waals surface area contributed by atoms with Crippen LogP contribution in [-0.2, 0) is 6.42 Å². The second-order valence-electron chi connectivity index (χ2n) is 5.24. The number of benzene rings is 1. The van der Waals surface area contributed by atoms with Gasteiger partial charge in [0, 0.05) is 12.6 Å². The van der Waals surface area contributed by atoms with Crippen molar-refractivity contribution in [2.24, 2.45) is 0 Å². The summed E-state index contributed by atoms with van der Waals surface area (Å²) in [6.45, 7) is 10.0. The van der Waals surface area contributed by atoms with Gasteiger partial charge < -0.3 is 10.2 Å². The van der Waals surface area contributed by atoms with Crippen LogP contribution in [0.5, 0.6) is 0 Å². The molecule has 0 spiro atoms. The van der Waals surface area contributed by atoms with Crippen LogP contribution in [0.4, 0.5) is 0 Å². The normalized spacial score (nSPS) is 12.9. The quantitative estimate of drug-likeness (QED) is 0.712. The van der Waals surface area contributed by atoms with Crippen LogP contribution in [0, 0.1) is 6.92 Å². The molecule has 0 aliphatic rings. The van der Waals surface area contributed by atoms with E-state index in [0.29, 0.717) is 6.04 Å². The fourth-order valence-corrected chi connectivity index (χ4v) is 2.18. The summed E-state index contributed by atoms with van der Waals surface area (Å²) in [5, 5.41) is 3.60. The molecule has 1 rings (SSSR count). The van der Waals surface area contributed by atoms with E-state index < -0.39 is 0 Å². The van der Waals surface area contributed by atoms with E-state index in [1.165, 1.54) is 24.0 Å². The minimum Gasteiger partial charge on any atom is -0.313 e. The van der Waals surface area contributed by atoms with Gasteiger partial charge in [-0.1, -0.05) is 31.2 Å². The number of hydrogen-bond acceptors (Lipinski definition) is 2.